The van der Waals surface area contributed by atoms with E-state index < -0.39 is 0 Å². The molecule has 0 aromatic rings. The van der Waals surface area contributed by atoms with Crippen LogP contribution in [0.4, 0.5) is 0 Å². The summed E-state index contributed by atoms with van der Waals surface area (Å²) < 4.78 is 4.90. The summed E-state index contributed by atoms with van der Waals surface area (Å²) in [5, 5.41) is 9.56. The van der Waals surface area contributed by atoms with Gasteiger partial charge in [-0.1, -0.05) is 6.92 Å². The fraction of sp³-hybridized carbons (Fsp3) is 0.917. The molecule has 1 aliphatic rings. The second-order valence-electron chi connectivity index (χ2n) is 4.49. The molecule has 17 heavy (non-hydrogen) atoms. The van der Waals surface area contributed by atoms with Gasteiger partial charge in [0, 0.05) is 39.8 Å². The highest BCUT2D eigenvalue weighted by molar-refractivity contribution is 5.76. The second kappa shape index (κ2) is 7.63. The van der Waals surface area contributed by atoms with Crippen molar-refractivity contribution in [3.63, 3.8) is 0 Å². The Morgan fingerprint density at radius 2 is 2.00 bits per heavy atom. The van der Waals surface area contributed by atoms with Gasteiger partial charge in [-0.2, -0.15) is 0 Å². The molecule has 1 amide bonds. The number of rotatable bonds is 6. The Kier molecular flexibility index (Phi) is 6.47. The van der Waals surface area contributed by atoms with Gasteiger partial charge in [-0.05, 0) is 6.42 Å². The average Bonchev–Trinajstić information content (AvgIpc) is 2.36. The maximum atomic E-state index is 11.7. The smallest absolute Gasteiger partial charge is 0.224 e. The number of hydrogen-bond acceptors (Lipinski definition) is 4. The number of carbonyl (C=O) groups excluding carboxylic acids is 1. The molecule has 0 radical (unpaired) electrons. The van der Waals surface area contributed by atoms with Crippen LogP contribution in [0.25, 0.3) is 0 Å². The van der Waals surface area contributed by atoms with E-state index in [4.69, 9.17) is 4.74 Å². The maximum Gasteiger partial charge on any atom is 0.224 e. The summed E-state index contributed by atoms with van der Waals surface area (Å²) in [7, 11) is 1.61. The predicted octanol–water partition coefficient (Wildman–Crippen LogP) is -0.0620. The summed E-state index contributed by atoms with van der Waals surface area (Å²) in [6, 6.07) is 0. The minimum absolute atomic E-state index is 0.169. The summed E-state index contributed by atoms with van der Waals surface area (Å²) in [5.41, 5.74) is 0. The zero-order chi connectivity index (χ0) is 12.7. The van der Waals surface area contributed by atoms with E-state index >= 15 is 0 Å². The van der Waals surface area contributed by atoms with Crippen LogP contribution in [-0.4, -0.2) is 73.4 Å². The first-order valence-corrected chi connectivity index (χ1v) is 6.34. The highest BCUT2D eigenvalue weighted by atomic mass is 16.5. The van der Waals surface area contributed by atoms with Gasteiger partial charge in [-0.15, -0.1) is 0 Å². The fourth-order valence-corrected chi connectivity index (χ4v) is 1.95. The molecule has 0 spiro atoms. The molecule has 1 aliphatic heterocycles. The van der Waals surface area contributed by atoms with Gasteiger partial charge < -0.3 is 14.7 Å². The Hall–Kier alpha value is -0.650. The van der Waals surface area contributed by atoms with Gasteiger partial charge in [0.05, 0.1) is 19.1 Å². The van der Waals surface area contributed by atoms with Crippen LogP contribution in [0.2, 0.25) is 0 Å². The van der Waals surface area contributed by atoms with Crippen LogP contribution >= 0.6 is 0 Å². The Bertz CT molecular complexity index is 228. The molecule has 1 heterocycles. The molecular formula is C12H24N2O3. The van der Waals surface area contributed by atoms with Crippen LogP contribution in [0.15, 0.2) is 0 Å². The lowest BCUT2D eigenvalue weighted by molar-refractivity contribution is -0.134. The van der Waals surface area contributed by atoms with Gasteiger partial charge in [-0.25, -0.2) is 0 Å². The third kappa shape index (κ3) is 5.02. The van der Waals surface area contributed by atoms with E-state index in [2.05, 4.69) is 4.90 Å². The van der Waals surface area contributed by atoms with Crippen molar-refractivity contribution < 1.29 is 14.6 Å². The second-order valence-corrected chi connectivity index (χ2v) is 4.49. The zero-order valence-electron chi connectivity index (χ0n) is 10.9. The van der Waals surface area contributed by atoms with E-state index in [1.165, 1.54) is 0 Å². The Morgan fingerprint density at radius 3 is 2.53 bits per heavy atom. The number of aliphatic hydroxyl groups excluding tert-OH is 1. The molecule has 1 saturated heterocycles. The van der Waals surface area contributed by atoms with Gasteiger partial charge in [-0.3, -0.25) is 9.69 Å². The molecule has 1 rings (SSSR count). The van der Waals surface area contributed by atoms with E-state index in [0.29, 0.717) is 13.0 Å². The molecule has 5 heteroatoms. The molecule has 0 aliphatic carbocycles. The van der Waals surface area contributed by atoms with Gasteiger partial charge in [0.15, 0.2) is 0 Å². The molecule has 0 saturated carbocycles. The van der Waals surface area contributed by atoms with Crippen molar-refractivity contribution in [1.82, 2.24) is 9.80 Å². The quantitative estimate of drug-likeness (QED) is 0.711. The van der Waals surface area contributed by atoms with E-state index in [1.54, 1.807) is 7.11 Å². The van der Waals surface area contributed by atoms with Crippen LogP contribution in [0.5, 0.6) is 0 Å². The normalized spacial score (nSPS) is 19.4. The number of ether oxygens (including phenoxy) is 1. The number of hydrogen-bond donors (Lipinski definition) is 1. The summed E-state index contributed by atoms with van der Waals surface area (Å²) >= 11 is 0. The fourth-order valence-electron chi connectivity index (χ4n) is 1.95. The van der Waals surface area contributed by atoms with Gasteiger partial charge in [0.2, 0.25) is 5.91 Å². The van der Waals surface area contributed by atoms with Crippen LogP contribution in [0.3, 0.4) is 0 Å². The van der Waals surface area contributed by atoms with Crippen molar-refractivity contribution in [2.45, 2.75) is 25.9 Å². The number of amides is 1. The predicted molar refractivity (Wildman–Crippen MR) is 65.8 cm³/mol. The summed E-state index contributed by atoms with van der Waals surface area (Å²) in [6.45, 7) is 6.43. The molecule has 5 nitrogen and oxygen atoms in total. The van der Waals surface area contributed by atoms with Crippen molar-refractivity contribution >= 4 is 5.91 Å². The Morgan fingerprint density at radius 1 is 1.35 bits per heavy atom. The minimum Gasteiger partial charge on any atom is -0.392 e. The minimum atomic E-state index is -0.245. The highest BCUT2D eigenvalue weighted by Crippen LogP contribution is 2.05. The van der Waals surface area contributed by atoms with Crippen LogP contribution < -0.4 is 0 Å². The van der Waals surface area contributed by atoms with Crippen molar-refractivity contribution in [3.8, 4) is 0 Å². The van der Waals surface area contributed by atoms with Crippen molar-refractivity contribution in [2.75, 3.05) is 46.4 Å². The first kappa shape index (κ1) is 14.4. The van der Waals surface area contributed by atoms with E-state index in [-0.39, 0.29) is 12.0 Å². The number of methoxy groups -OCH3 is 1. The van der Waals surface area contributed by atoms with Crippen LogP contribution in [0.1, 0.15) is 19.8 Å². The molecule has 1 unspecified atom stereocenters. The first-order valence-electron chi connectivity index (χ1n) is 6.34. The summed E-state index contributed by atoms with van der Waals surface area (Å²) in [6.07, 6.45) is 1.01. The van der Waals surface area contributed by atoms with E-state index in [1.807, 2.05) is 11.8 Å². The molecule has 0 aromatic carbocycles. The van der Waals surface area contributed by atoms with Crippen molar-refractivity contribution in [2.24, 2.45) is 0 Å². The highest BCUT2D eigenvalue weighted by Gasteiger charge is 2.21. The lowest BCUT2D eigenvalue weighted by Crippen LogP contribution is -2.50. The third-order valence-corrected chi connectivity index (χ3v) is 3.19. The molecule has 0 aromatic heterocycles. The zero-order valence-corrected chi connectivity index (χ0v) is 10.9. The summed E-state index contributed by atoms with van der Waals surface area (Å²) in [4.78, 5) is 15.8. The number of aliphatic hydroxyl groups is 1. The molecule has 0 bridgehead atoms. The first-order chi connectivity index (χ1) is 8.17. The monoisotopic (exact) mass is 244 g/mol. The number of piperazine rings is 1. The van der Waals surface area contributed by atoms with E-state index in [9.17, 15) is 9.90 Å². The standard InChI is InChI=1S/C12H24N2O3/c1-3-11(15)10-13-5-7-14(8-6-13)12(16)4-9-17-2/h11,15H,3-10H2,1-2H3. The summed E-state index contributed by atoms with van der Waals surface area (Å²) in [5.74, 6) is 0.169. The Labute approximate surface area is 103 Å². The van der Waals surface area contributed by atoms with Crippen LogP contribution in [-0.2, 0) is 9.53 Å². The van der Waals surface area contributed by atoms with E-state index in [0.717, 1.165) is 39.1 Å². The average molecular weight is 244 g/mol. The molecule has 100 valence electrons. The lowest BCUT2D eigenvalue weighted by atomic mass is 10.2. The largest absolute Gasteiger partial charge is 0.392 e. The molecule has 1 N–H and O–H groups in total. The maximum absolute atomic E-state index is 11.7. The SMILES string of the molecule is CCC(O)CN1CCN(C(=O)CCOC)CC1. The molecular weight excluding hydrogens is 220 g/mol. The topological polar surface area (TPSA) is 53.0 Å². The van der Waals surface area contributed by atoms with Gasteiger partial charge in [0.25, 0.3) is 0 Å². The van der Waals surface area contributed by atoms with Gasteiger partial charge in [0.1, 0.15) is 0 Å². The third-order valence-electron chi connectivity index (χ3n) is 3.19. The molecule has 1 atom stereocenters. The van der Waals surface area contributed by atoms with Crippen LogP contribution in [0, 0.1) is 0 Å². The van der Waals surface area contributed by atoms with Crippen molar-refractivity contribution in [1.29, 1.82) is 0 Å². The number of carbonyl (C=O) groups is 1. The van der Waals surface area contributed by atoms with Crippen molar-refractivity contribution in [3.05, 3.63) is 0 Å². The Balaban J connectivity index is 2.23. The molecule has 1 fully saturated rings. The van der Waals surface area contributed by atoms with Gasteiger partial charge >= 0.3 is 0 Å². The number of nitrogens with zero attached hydrogens (tertiary/aromatic N) is 2. The number of β-amino-alcohol motifs (C(OH)–C–C–N with tert-alkyl or cyclic N) is 1. The lowest BCUT2D eigenvalue weighted by Gasteiger charge is -2.35.